The molecule has 7 aromatic carbocycles. The Balaban J connectivity index is 1.21. The van der Waals surface area contributed by atoms with Crippen molar-refractivity contribution in [2.45, 2.75) is 0 Å². The van der Waals surface area contributed by atoms with Gasteiger partial charge in [-0.3, -0.25) is 4.90 Å². The third-order valence-corrected chi connectivity index (χ3v) is 8.88. The molecule has 0 bridgehead atoms. The summed E-state index contributed by atoms with van der Waals surface area (Å²) in [6.45, 7) is 0. The lowest BCUT2D eigenvalue weighted by molar-refractivity contribution is 0.658. The highest BCUT2D eigenvalue weighted by molar-refractivity contribution is 6.14. The zero-order valence-electron chi connectivity index (χ0n) is 25.0. The molecular weight excluding hydrogens is 560 g/mol. The SMILES string of the molecule is c1ccc(-c2cccc(N(c3ccc(-c4cccc5ccccc45)cc3)c3ccc4c(n3)oc3c5ccccc5ccc43)c2)cc1. The van der Waals surface area contributed by atoms with Crippen LogP contribution in [0.3, 0.4) is 0 Å². The van der Waals surface area contributed by atoms with Crippen molar-refractivity contribution in [2.75, 3.05) is 4.90 Å². The first-order valence-electron chi connectivity index (χ1n) is 15.5. The van der Waals surface area contributed by atoms with Gasteiger partial charge in [-0.2, -0.15) is 4.98 Å². The normalized spacial score (nSPS) is 11.5. The van der Waals surface area contributed by atoms with Crippen LogP contribution in [0, 0.1) is 0 Å². The average Bonchev–Trinajstić information content (AvgIpc) is 3.51. The van der Waals surface area contributed by atoms with E-state index in [4.69, 9.17) is 9.40 Å². The Hall–Kier alpha value is -6.19. The molecule has 0 unspecified atom stereocenters. The van der Waals surface area contributed by atoms with Crippen molar-refractivity contribution >= 4 is 60.8 Å². The molecular formula is C43H28N2O. The van der Waals surface area contributed by atoms with Crippen LogP contribution >= 0.6 is 0 Å². The van der Waals surface area contributed by atoms with Gasteiger partial charge >= 0.3 is 0 Å². The van der Waals surface area contributed by atoms with Crippen LogP contribution in [0.25, 0.3) is 65.9 Å². The minimum absolute atomic E-state index is 0.625. The lowest BCUT2D eigenvalue weighted by Gasteiger charge is -2.25. The molecule has 0 aliphatic rings. The van der Waals surface area contributed by atoms with Gasteiger partial charge in [-0.15, -0.1) is 0 Å². The molecule has 46 heavy (non-hydrogen) atoms. The summed E-state index contributed by atoms with van der Waals surface area (Å²) in [6, 6.07) is 59.8. The van der Waals surface area contributed by atoms with E-state index in [0.29, 0.717) is 5.71 Å². The van der Waals surface area contributed by atoms with Crippen LogP contribution < -0.4 is 4.90 Å². The van der Waals surface area contributed by atoms with E-state index in [-0.39, 0.29) is 0 Å². The maximum atomic E-state index is 6.50. The highest BCUT2D eigenvalue weighted by atomic mass is 16.3. The van der Waals surface area contributed by atoms with E-state index in [1.165, 1.54) is 27.5 Å². The fourth-order valence-corrected chi connectivity index (χ4v) is 6.64. The summed E-state index contributed by atoms with van der Waals surface area (Å²) >= 11 is 0. The number of fused-ring (bicyclic) bond motifs is 6. The molecule has 0 fully saturated rings. The zero-order chi connectivity index (χ0) is 30.5. The van der Waals surface area contributed by atoms with Crippen LogP contribution in [0.15, 0.2) is 174 Å². The van der Waals surface area contributed by atoms with Crippen molar-refractivity contribution in [3.63, 3.8) is 0 Å². The van der Waals surface area contributed by atoms with Crippen LogP contribution in [0.4, 0.5) is 17.2 Å². The van der Waals surface area contributed by atoms with Gasteiger partial charge in [0.05, 0.1) is 0 Å². The summed E-state index contributed by atoms with van der Waals surface area (Å²) in [5.74, 6) is 0.791. The van der Waals surface area contributed by atoms with Crippen LogP contribution in [-0.4, -0.2) is 4.98 Å². The van der Waals surface area contributed by atoms with E-state index in [9.17, 15) is 0 Å². The maximum Gasteiger partial charge on any atom is 0.229 e. The van der Waals surface area contributed by atoms with Crippen LogP contribution in [-0.2, 0) is 0 Å². The Morgan fingerprint density at radius 1 is 0.413 bits per heavy atom. The fourth-order valence-electron chi connectivity index (χ4n) is 6.64. The number of furan rings is 1. The van der Waals surface area contributed by atoms with E-state index < -0.39 is 0 Å². The predicted octanol–water partition coefficient (Wildman–Crippen LogP) is 12.1. The number of aromatic nitrogens is 1. The first kappa shape index (κ1) is 26.2. The first-order chi connectivity index (χ1) is 22.8. The number of rotatable bonds is 5. The summed E-state index contributed by atoms with van der Waals surface area (Å²) < 4.78 is 6.50. The van der Waals surface area contributed by atoms with Gasteiger partial charge in [0.15, 0.2) is 0 Å². The van der Waals surface area contributed by atoms with Gasteiger partial charge in [-0.25, -0.2) is 0 Å². The molecule has 9 rings (SSSR count). The summed E-state index contributed by atoms with van der Waals surface area (Å²) in [6.07, 6.45) is 0. The molecule has 0 N–H and O–H groups in total. The summed E-state index contributed by atoms with van der Waals surface area (Å²) in [7, 11) is 0. The molecule has 0 saturated heterocycles. The van der Waals surface area contributed by atoms with Crippen LogP contribution in [0.2, 0.25) is 0 Å². The third kappa shape index (κ3) is 4.41. The Kier molecular flexibility index (Phi) is 6.14. The molecule has 0 saturated carbocycles. The molecule has 3 nitrogen and oxygen atoms in total. The second kappa shape index (κ2) is 10.8. The Morgan fingerprint density at radius 3 is 1.93 bits per heavy atom. The minimum Gasteiger partial charge on any atom is -0.437 e. The van der Waals surface area contributed by atoms with Crippen molar-refractivity contribution in [2.24, 2.45) is 0 Å². The van der Waals surface area contributed by atoms with Crippen LogP contribution in [0.1, 0.15) is 0 Å². The molecule has 3 heteroatoms. The minimum atomic E-state index is 0.625. The second-order valence-electron chi connectivity index (χ2n) is 11.6. The van der Waals surface area contributed by atoms with Gasteiger partial charge in [0, 0.05) is 27.5 Å². The highest BCUT2D eigenvalue weighted by Gasteiger charge is 2.18. The maximum absolute atomic E-state index is 6.50. The Labute approximate surface area is 266 Å². The molecule has 0 radical (unpaired) electrons. The molecule has 2 heterocycles. The predicted molar refractivity (Wildman–Crippen MR) is 192 cm³/mol. The standard InChI is InChI=1S/C43H28N2O/c1-2-10-29(11-3-1)33-15-8-16-35(28-33)45(34-23-20-32(21-24-34)37-19-9-14-30-12-4-6-17-36(30)37)41-27-26-40-39-25-22-31-13-5-7-18-38(31)42(39)46-43(40)44-41/h1-28H. The molecule has 216 valence electrons. The summed E-state index contributed by atoms with van der Waals surface area (Å²) in [5.41, 5.74) is 8.24. The van der Waals surface area contributed by atoms with E-state index >= 15 is 0 Å². The van der Waals surface area contributed by atoms with Crippen LogP contribution in [0.5, 0.6) is 0 Å². The van der Waals surface area contributed by atoms with Gasteiger partial charge in [-0.1, -0.05) is 127 Å². The first-order valence-corrected chi connectivity index (χ1v) is 15.5. The number of nitrogens with zero attached hydrogens (tertiary/aromatic N) is 2. The molecule has 2 aromatic heterocycles. The van der Waals surface area contributed by atoms with E-state index in [0.717, 1.165) is 49.9 Å². The molecule has 9 aromatic rings. The quantitative estimate of drug-likeness (QED) is 0.200. The van der Waals surface area contributed by atoms with Crippen molar-refractivity contribution in [1.82, 2.24) is 4.98 Å². The molecule has 0 aliphatic heterocycles. The topological polar surface area (TPSA) is 29.3 Å². The lowest BCUT2D eigenvalue weighted by Crippen LogP contribution is -2.11. The van der Waals surface area contributed by atoms with Crippen molar-refractivity contribution in [1.29, 1.82) is 0 Å². The van der Waals surface area contributed by atoms with Gasteiger partial charge in [0.2, 0.25) is 5.71 Å². The smallest absolute Gasteiger partial charge is 0.229 e. The Morgan fingerprint density at radius 2 is 1.09 bits per heavy atom. The fraction of sp³-hybridized carbons (Fsp3) is 0. The number of anilines is 3. The van der Waals surface area contributed by atoms with Gasteiger partial charge in [0.1, 0.15) is 11.4 Å². The Bertz CT molecular complexity index is 2530. The zero-order valence-corrected chi connectivity index (χ0v) is 25.0. The van der Waals surface area contributed by atoms with E-state index in [1.54, 1.807) is 0 Å². The molecule has 0 spiro atoms. The van der Waals surface area contributed by atoms with Crippen molar-refractivity contribution in [3.8, 4) is 22.3 Å². The van der Waals surface area contributed by atoms with E-state index in [2.05, 4.69) is 169 Å². The number of hydrogen-bond acceptors (Lipinski definition) is 3. The second-order valence-corrected chi connectivity index (χ2v) is 11.6. The molecule has 0 amide bonds. The van der Waals surface area contributed by atoms with Gasteiger partial charge in [-0.05, 0) is 80.9 Å². The number of pyridine rings is 1. The molecule has 0 atom stereocenters. The summed E-state index contributed by atoms with van der Waals surface area (Å²) in [5, 5.41) is 6.81. The average molecular weight is 589 g/mol. The van der Waals surface area contributed by atoms with Gasteiger partial charge < -0.3 is 4.42 Å². The third-order valence-electron chi connectivity index (χ3n) is 8.88. The number of hydrogen-bond donors (Lipinski definition) is 0. The largest absolute Gasteiger partial charge is 0.437 e. The van der Waals surface area contributed by atoms with Crippen molar-refractivity contribution < 1.29 is 4.42 Å². The monoisotopic (exact) mass is 588 g/mol. The van der Waals surface area contributed by atoms with Crippen molar-refractivity contribution in [3.05, 3.63) is 170 Å². The molecule has 0 aliphatic carbocycles. The highest BCUT2D eigenvalue weighted by Crippen LogP contribution is 2.40. The number of benzene rings is 7. The van der Waals surface area contributed by atoms with E-state index in [1.807, 2.05) is 6.07 Å². The lowest BCUT2D eigenvalue weighted by atomic mass is 9.98. The summed E-state index contributed by atoms with van der Waals surface area (Å²) in [4.78, 5) is 7.37. The van der Waals surface area contributed by atoms with Gasteiger partial charge in [0.25, 0.3) is 0 Å².